The molecule has 8 nitrogen and oxygen atoms in total. The van der Waals surface area contributed by atoms with Crippen molar-refractivity contribution >= 4 is 38.8 Å². The lowest BCUT2D eigenvalue weighted by atomic mass is 10.1. The van der Waals surface area contributed by atoms with Gasteiger partial charge in [-0.15, -0.1) is 21.5 Å². The fraction of sp³-hybridized carbons (Fsp3) is 0.176. The Morgan fingerprint density at radius 1 is 1.15 bits per heavy atom. The van der Waals surface area contributed by atoms with Gasteiger partial charge in [-0.3, -0.25) is 9.52 Å². The number of sulfonamides is 1. The van der Waals surface area contributed by atoms with Gasteiger partial charge in [-0.25, -0.2) is 13.4 Å². The van der Waals surface area contributed by atoms with Crippen LogP contribution >= 0.6 is 11.3 Å². The highest BCUT2D eigenvalue weighted by Gasteiger charge is 2.35. The van der Waals surface area contributed by atoms with Gasteiger partial charge in [0.25, 0.3) is 5.91 Å². The molecule has 0 bridgehead atoms. The van der Waals surface area contributed by atoms with Crippen molar-refractivity contribution in [3.8, 4) is 11.3 Å². The van der Waals surface area contributed by atoms with Gasteiger partial charge in [-0.05, 0) is 37.1 Å². The first-order valence-electron chi connectivity index (χ1n) is 8.16. The lowest BCUT2D eigenvalue weighted by molar-refractivity contribution is 0.102. The molecule has 0 radical (unpaired) electrons. The van der Waals surface area contributed by atoms with Gasteiger partial charge in [-0.2, -0.15) is 0 Å². The number of amides is 1. The van der Waals surface area contributed by atoms with E-state index in [1.807, 2.05) is 6.07 Å². The zero-order valence-electron chi connectivity index (χ0n) is 14.0. The molecule has 0 spiro atoms. The zero-order valence-corrected chi connectivity index (χ0v) is 15.6. The summed E-state index contributed by atoms with van der Waals surface area (Å²) in [6.45, 7) is 0. The number of nitrogens with zero attached hydrogens (tertiary/aromatic N) is 3. The predicted octanol–water partition coefficient (Wildman–Crippen LogP) is 2.76. The molecule has 138 valence electrons. The van der Waals surface area contributed by atoms with Gasteiger partial charge in [0.05, 0.1) is 16.5 Å². The molecule has 0 saturated heterocycles. The number of rotatable bonds is 6. The van der Waals surface area contributed by atoms with E-state index >= 15 is 0 Å². The van der Waals surface area contributed by atoms with Crippen LogP contribution in [-0.4, -0.2) is 34.8 Å². The Morgan fingerprint density at radius 3 is 2.67 bits per heavy atom. The van der Waals surface area contributed by atoms with Gasteiger partial charge < -0.3 is 5.32 Å². The first kappa shape index (κ1) is 17.6. The van der Waals surface area contributed by atoms with Crippen molar-refractivity contribution in [2.45, 2.75) is 18.1 Å². The summed E-state index contributed by atoms with van der Waals surface area (Å²) < 4.78 is 26.7. The van der Waals surface area contributed by atoms with Gasteiger partial charge in [0.15, 0.2) is 5.82 Å². The Bertz CT molecular complexity index is 1060. The Labute approximate surface area is 159 Å². The van der Waals surface area contributed by atoms with E-state index in [1.165, 1.54) is 11.3 Å². The van der Waals surface area contributed by atoms with E-state index in [-0.39, 0.29) is 11.2 Å². The number of hydrogen-bond donors (Lipinski definition) is 2. The van der Waals surface area contributed by atoms with Crippen molar-refractivity contribution in [3.05, 3.63) is 53.0 Å². The maximum Gasteiger partial charge on any atom is 0.276 e. The lowest BCUT2D eigenvalue weighted by Gasteiger charge is -2.09. The molecule has 1 aliphatic rings. The van der Waals surface area contributed by atoms with Gasteiger partial charge in [0.2, 0.25) is 10.0 Å². The molecule has 3 aromatic rings. The fourth-order valence-electron chi connectivity index (χ4n) is 2.43. The van der Waals surface area contributed by atoms with Crippen molar-refractivity contribution in [3.63, 3.8) is 0 Å². The first-order chi connectivity index (χ1) is 13.0. The molecule has 2 N–H and O–H groups in total. The highest BCUT2D eigenvalue weighted by Crippen LogP contribution is 2.30. The van der Waals surface area contributed by atoms with Crippen LogP contribution in [0.3, 0.4) is 0 Å². The van der Waals surface area contributed by atoms with E-state index < -0.39 is 10.0 Å². The van der Waals surface area contributed by atoms with Crippen molar-refractivity contribution < 1.29 is 13.2 Å². The van der Waals surface area contributed by atoms with E-state index in [1.54, 1.807) is 41.2 Å². The summed E-state index contributed by atoms with van der Waals surface area (Å²) in [7, 11) is -3.32. The SMILES string of the molecule is O=C(Nc1ccc(-c2cccc(NS(=O)(=O)C3CC3)c2)nn1)c1cscn1. The summed E-state index contributed by atoms with van der Waals surface area (Å²) >= 11 is 1.33. The number of thiazole rings is 1. The van der Waals surface area contributed by atoms with E-state index in [2.05, 4.69) is 25.2 Å². The Kier molecular flexibility index (Phi) is 4.58. The highest BCUT2D eigenvalue weighted by atomic mass is 32.2. The van der Waals surface area contributed by atoms with Crippen LogP contribution < -0.4 is 10.0 Å². The molecule has 2 heterocycles. The summed E-state index contributed by atoms with van der Waals surface area (Å²) in [6, 6.07) is 10.3. The molecular weight excluding hydrogens is 386 g/mol. The number of anilines is 2. The number of nitrogens with one attached hydrogen (secondary N) is 2. The normalized spacial score (nSPS) is 13.9. The number of benzene rings is 1. The van der Waals surface area contributed by atoms with Crippen LogP contribution in [0.1, 0.15) is 23.3 Å². The molecule has 2 aromatic heterocycles. The van der Waals surface area contributed by atoms with Crippen molar-refractivity contribution in [2.75, 3.05) is 10.0 Å². The standard InChI is InChI=1S/C17H15N5O3S2/c23-17(15-9-26-10-18-15)19-16-7-6-14(20-21-16)11-2-1-3-12(8-11)22-27(24,25)13-4-5-13/h1-3,6-10,13,22H,4-5H2,(H,19,21,23). The summed E-state index contributed by atoms with van der Waals surface area (Å²) in [5, 5.41) is 12.1. The highest BCUT2D eigenvalue weighted by molar-refractivity contribution is 7.93. The quantitative estimate of drug-likeness (QED) is 0.656. The molecule has 1 amide bonds. The van der Waals surface area contributed by atoms with Crippen LogP contribution in [0.15, 0.2) is 47.3 Å². The minimum absolute atomic E-state index is 0.290. The molecule has 1 aliphatic carbocycles. The van der Waals surface area contributed by atoms with Crippen molar-refractivity contribution in [1.82, 2.24) is 15.2 Å². The number of carbonyl (C=O) groups excluding carboxylic acids is 1. The van der Waals surface area contributed by atoms with Crippen molar-refractivity contribution in [2.24, 2.45) is 0 Å². The third-order valence-electron chi connectivity index (χ3n) is 3.95. The Morgan fingerprint density at radius 2 is 2.00 bits per heavy atom. The molecule has 27 heavy (non-hydrogen) atoms. The van der Waals surface area contributed by atoms with Crippen LogP contribution in [0.5, 0.6) is 0 Å². The van der Waals surface area contributed by atoms with Crippen LogP contribution in [-0.2, 0) is 10.0 Å². The molecule has 1 saturated carbocycles. The fourth-order valence-corrected chi connectivity index (χ4v) is 4.34. The smallest absolute Gasteiger partial charge is 0.276 e. The zero-order chi connectivity index (χ0) is 18.9. The summed E-state index contributed by atoms with van der Waals surface area (Å²) in [5.74, 6) is -0.0443. The predicted molar refractivity (Wildman–Crippen MR) is 103 cm³/mol. The minimum Gasteiger partial charge on any atom is -0.304 e. The molecule has 1 aromatic carbocycles. The second kappa shape index (κ2) is 7.05. The van der Waals surface area contributed by atoms with Gasteiger partial charge in [-0.1, -0.05) is 12.1 Å². The summed E-state index contributed by atoms with van der Waals surface area (Å²) in [4.78, 5) is 15.9. The Balaban J connectivity index is 1.48. The third kappa shape index (κ3) is 4.12. The number of aromatic nitrogens is 3. The molecule has 10 heteroatoms. The molecule has 0 unspecified atom stereocenters. The Hall–Kier alpha value is -2.85. The largest absolute Gasteiger partial charge is 0.304 e. The molecule has 4 rings (SSSR count). The van der Waals surface area contributed by atoms with E-state index in [9.17, 15) is 13.2 Å². The molecular formula is C17H15N5O3S2. The second-order valence-electron chi connectivity index (χ2n) is 6.06. The maximum absolute atomic E-state index is 12.1. The number of hydrogen-bond acceptors (Lipinski definition) is 7. The topological polar surface area (TPSA) is 114 Å². The maximum atomic E-state index is 12.1. The summed E-state index contributed by atoms with van der Waals surface area (Å²) in [6.07, 6.45) is 1.41. The van der Waals surface area contributed by atoms with E-state index in [0.29, 0.717) is 35.7 Å². The van der Waals surface area contributed by atoms with Crippen LogP contribution in [0, 0.1) is 0 Å². The lowest BCUT2D eigenvalue weighted by Crippen LogP contribution is -2.17. The second-order valence-corrected chi connectivity index (χ2v) is 8.74. The van der Waals surface area contributed by atoms with Gasteiger partial charge in [0, 0.05) is 16.6 Å². The summed E-state index contributed by atoms with van der Waals surface area (Å²) in [5.41, 5.74) is 3.67. The third-order valence-corrected chi connectivity index (χ3v) is 6.41. The van der Waals surface area contributed by atoms with Crippen LogP contribution in [0.25, 0.3) is 11.3 Å². The average Bonchev–Trinajstić information content (AvgIpc) is 3.38. The van der Waals surface area contributed by atoms with Crippen LogP contribution in [0.4, 0.5) is 11.5 Å². The first-order valence-corrected chi connectivity index (χ1v) is 10.7. The monoisotopic (exact) mass is 401 g/mol. The molecule has 0 atom stereocenters. The molecule has 0 aliphatic heterocycles. The number of carbonyl (C=O) groups is 1. The van der Waals surface area contributed by atoms with Gasteiger partial charge in [0.1, 0.15) is 5.69 Å². The van der Waals surface area contributed by atoms with E-state index in [4.69, 9.17) is 0 Å². The van der Waals surface area contributed by atoms with Crippen molar-refractivity contribution in [1.29, 1.82) is 0 Å². The minimum atomic E-state index is -3.32. The van der Waals surface area contributed by atoms with Crippen LogP contribution in [0.2, 0.25) is 0 Å². The van der Waals surface area contributed by atoms with E-state index in [0.717, 1.165) is 5.56 Å². The molecule has 1 fully saturated rings. The average molecular weight is 401 g/mol. The van der Waals surface area contributed by atoms with Gasteiger partial charge >= 0.3 is 0 Å².